The van der Waals surface area contributed by atoms with Gasteiger partial charge in [0.05, 0.1) is 0 Å². The van der Waals surface area contributed by atoms with Crippen molar-refractivity contribution < 1.29 is 9.59 Å². The molecule has 0 aliphatic carbocycles. The average Bonchev–Trinajstić information content (AvgIpc) is 2.55. The van der Waals surface area contributed by atoms with Gasteiger partial charge in [-0.1, -0.05) is 6.07 Å². The van der Waals surface area contributed by atoms with Gasteiger partial charge in [-0.3, -0.25) is 14.4 Å². The molecule has 2 N–H and O–H groups in total. The highest BCUT2D eigenvalue weighted by Crippen LogP contribution is 2.30. The predicted molar refractivity (Wildman–Crippen MR) is 86.6 cm³/mol. The summed E-state index contributed by atoms with van der Waals surface area (Å²) in [6, 6.07) is 8.15. The largest absolute Gasteiger partial charge is 0.366 e. The molecule has 1 aromatic carbocycles. The first-order chi connectivity index (χ1) is 11.0. The molecule has 0 radical (unpaired) electrons. The Hall–Kier alpha value is -2.89. The quantitative estimate of drug-likeness (QED) is 0.900. The van der Waals surface area contributed by atoms with Gasteiger partial charge in [0.2, 0.25) is 5.91 Å². The van der Waals surface area contributed by atoms with Gasteiger partial charge in [-0.2, -0.15) is 0 Å². The topological polar surface area (TPSA) is 85.4 Å². The van der Waals surface area contributed by atoms with Gasteiger partial charge in [0, 0.05) is 42.7 Å². The number of anilines is 1. The lowest BCUT2D eigenvalue weighted by molar-refractivity contribution is 0.0977. The highest BCUT2D eigenvalue weighted by Gasteiger charge is 2.26. The molecule has 2 heterocycles. The number of hydrogen-bond donors (Lipinski definition) is 1. The van der Waals surface area contributed by atoms with Crippen molar-refractivity contribution in [2.75, 3.05) is 11.4 Å². The van der Waals surface area contributed by atoms with E-state index >= 15 is 0 Å². The third-order valence-electron chi connectivity index (χ3n) is 4.11. The molecule has 2 aromatic rings. The van der Waals surface area contributed by atoms with Crippen LogP contribution in [0, 0.1) is 0 Å². The fraction of sp³-hybridized carbons (Fsp3) is 0.235. The maximum absolute atomic E-state index is 12.8. The zero-order chi connectivity index (χ0) is 16.6. The van der Waals surface area contributed by atoms with Crippen LogP contribution >= 0.6 is 0 Å². The van der Waals surface area contributed by atoms with Crippen LogP contribution in [-0.4, -0.2) is 22.9 Å². The van der Waals surface area contributed by atoms with Crippen molar-refractivity contribution in [2.45, 2.75) is 12.8 Å². The summed E-state index contributed by atoms with van der Waals surface area (Å²) in [5.74, 6) is -0.741. The molecule has 1 aliphatic heterocycles. The van der Waals surface area contributed by atoms with E-state index in [0.29, 0.717) is 29.8 Å². The minimum atomic E-state index is -0.496. The molecule has 0 unspecified atom stereocenters. The lowest BCUT2D eigenvalue weighted by atomic mass is 9.95. The first-order valence-corrected chi connectivity index (χ1v) is 7.39. The Morgan fingerprint density at radius 1 is 1.22 bits per heavy atom. The number of rotatable bonds is 2. The molecule has 3 rings (SSSR count). The number of aromatic nitrogens is 1. The van der Waals surface area contributed by atoms with Crippen molar-refractivity contribution in [1.29, 1.82) is 0 Å². The number of nitrogens with two attached hydrogens (primary N) is 1. The lowest BCUT2D eigenvalue weighted by Crippen LogP contribution is -2.37. The number of benzene rings is 1. The third kappa shape index (κ3) is 2.63. The monoisotopic (exact) mass is 311 g/mol. The molecule has 0 atom stereocenters. The third-order valence-corrected chi connectivity index (χ3v) is 4.11. The Balaban J connectivity index is 2.04. The maximum Gasteiger partial charge on any atom is 0.258 e. The second-order valence-corrected chi connectivity index (χ2v) is 5.59. The molecule has 1 aromatic heterocycles. The van der Waals surface area contributed by atoms with Crippen molar-refractivity contribution in [2.24, 2.45) is 12.8 Å². The van der Waals surface area contributed by atoms with Gasteiger partial charge in [-0.25, -0.2) is 0 Å². The molecule has 0 fully saturated rings. The van der Waals surface area contributed by atoms with E-state index in [1.165, 1.54) is 10.6 Å². The summed E-state index contributed by atoms with van der Waals surface area (Å²) in [5.41, 5.74) is 7.46. The second kappa shape index (κ2) is 5.72. The number of nitrogens with zero attached hydrogens (tertiary/aromatic N) is 2. The van der Waals surface area contributed by atoms with Crippen LogP contribution in [0.25, 0.3) is 0 Å². The van der Waals surface area contributed by atoms with Crippen LogP contribution in [-0.2, 0) is 13.5 Å². The molecule has 118 valence electrons. The second-order valence-electron chi connectivity index (χ2n) is 5.59. The highest BCUT2D eigenvalue weighted by atomic mass is 16.2. The minimum Gasteiger partial charge on any atom is -0.366 e. The van der Waals surface area contributed by atoms with Crippen LogP contribution in [0.2, 0.25) is 0 Å². The molecule has 0 saturated heterocycles. The number of carbonyl (C=O) groups is 2. The van der Waals surface area contributed by atoms with Crippen molar-refractivity contribution >= 4 is 17.5 Å². The molecular formula is C17H17N3O3. The summed E-state index contributed by atoms with van der Waals surface area (Å²) in [6.45, 7) is 0.545. The van der Waals surface area contributed by atoms with Gasteiger partial charge >= 0.3 is 0 Å². The van der Waals surface area contributed by atoms with Crippen LogP contribution in [0.1, 0.15) is 32.7 Å². The Morgan fingerprint density at radius 3 is 2.70 bits per heavy atom. The van der Waals surface area contributed by atoms with E-state index in [1.807, 2.05) is 0 Å². The van der Waals surface area contributed by atoms with E-state index in [1.54, 1.807) is 42.4 Å². The summed E-state index contributed by atoms with van der Waals surface area (Å²) in [4.78, 5) is 37.7. The van der Waals surface area contributed by atoms with Crippen molar-refractivity contribution in [1.82, 2.24) is 4.57 Å². The van der Waals surface area contributed by atoms with E-state index in [9.17, 15) is 14.4 Å². The molecule has 6 heteroatoms. The Bertz CT molecular complexity index is 854. The van der Waals surface area contributed by atoms with E-state index in [0.717, 1.165) is 12.0 Å². The number of amides is 2. The van der Waals surface area contributed by atoms with Gasteiger partial charge in [-0.15, -0.1) is 0 Å². The number of aryl methyl sites for hydroxylation is 1. The van der Waals surface area contributed by atoms with Gasteiger partial charge in [0.1, 0.15) is 0 Å². The summed E-state index contributed by atoms with van der Waals surface area (Å²) in [5, 5.41) is 0. The van der Waals surface area contributed by atoms with Crippen LogP contribution < -0.4 is 16.2 Å². The first-order valence-electron chi connectivity index (χ1n) is 7.39. The number of primary amides is 1. The van der Waals surface area contributed by atoms with Gasteiger partial charge in [0.25, 0.3) is 11.5 Å². The van der Waals surface area contributed by atoms with Gasteiger partial charge in [-0.05, 0) is 36.6 Å². The SMILES string of the molecule is Cn1ccc(C(=O)N2CCCc3c(C(N)=O)cccc32)cc1=O. The number of carbonyl (C=O) groups excluding carboxylic acids is 2. The van der Waals surface area contributed by atoms with Crippen LogP contribution in [0.4, 0.5) is 5.69 Å². The smallest absolute Gasteiger partial charge is 0.258 e. The summed E-state index contributed by atoms with van der Waals surface area (Å²) >= 11 is 0. The van der Waals surface area contributed by atoms with Crippen LogP contribution in [0.3, 0.4) is 0 Å². The number of fused-ring (bicyclic) bond motifs is 1. The Labute approximate surface area is 133 Å². The summed E-state index contributed by atoms with van der Waals surface area (Å²) in [6.07, 6.45) is 3.02. The lowest BCUT2D eigenvalue weighted by Gasteiger charge is -2.30. The zero-order valence-electron chi connectivity index (χ0n) is 12.8. The fourth-order valence-corrected chi connectivity index (χ4v) is 2.90. The molecule has 6 nitrogen and oxygen atoms in total. The van der Waals surface area contributed by atoms with Crippen molar-refractivity contribution in [3.63, 3.8) is 0 Å². The van der Waals surface area contributed by atoms with Gasteiger partial charge < -0.3 is 15.2 Å². The molecule has 0 saturated carbocycles. The van der Waals surface area contributed by atoms with Crippen LogP contribution in [0.15, 0.2) is 41.3 Å². The van der Waals surface area contributed by atoms with Crippen molar-refractivity contribution in [3.8, 4) is 0 Å². The maximum atomic E-state index is 12.8. The Kier molecular flexibility index (Phi) is 3.73. The van der Waals surface area contributed by atoms with Crippen molar-refractivity contribution in [3.05, 3.63) is 63.6 Å². The van der Waals surface area contributed by atoms with E-state index in [4.69, 9.17) is 5.73 Å². The summed E-state index contributed by atoms with van der Waals surface area (Å²) in [7, 11) is 1.63. The zero-order valence-corrected chi connectivity index (χ0v) is 12.8. The highest BCUT2D eigenvalue weighted by molar-refractivity contribution is 6.07. The Morgan fingerprint density at radius 2 is 2.00 bits per heavy atom. The first kappa shape index (κ1) is 15.0. The molecule has 1 aliphatic rings. The van der Waals surface area contributed by atoms with E-state index in [2.05, 4.69) is 0 Å². The molecular weight excluding hydrogens is 294 g/mol. The van der Waals surface area contributed by atoms with E-state index in [-0.39, 0.29) is 11.5 Å². The summed E-state index contributed by atoms with van der Waals surface area (Å²) < 4.78 is 1.41. The number of hydrogen-bond acceptors (Lipinski definition) is 3. The molecule has 23 heavy (non-hydrogen) atoms. The average molecular weight is 311 g/mol. The fourth-order valence-electron chi connectivity index (χ4n) is 2.90. The standard InChI is InChI=1S/C17H17N3O3/c1-19-9-7-11(10-15(19)21)17(23)20-8-3-5-12-13(16(18)22)4-2-6-14(12)20/h2,4,6-7,9-10H,3,5,8H2,1H3,(H2,18,22). The number of pyridine rings is 1. The van der Waals surface area contributed by atoms with E-state index < -0.39 is 5.91 Å². The molecule has 0 spiro atoms. The molecule has 2 amide bonds. The van der Waals surface area contributed by atoms with Crippen LogP contribution in [0.5, 0.6) is 0 Å². The molecule has 0 bridgehead atoms. The predicted octanol–water partition coefficient (Wildman–Crippen LogP) is 1.08. The van der Waals surface area contributed by atoms with Gasteiger partial charge in [0.15, 0.2) is 0 Å². The normalized spacial score (nSPS) is 13.5. The minimum absolute atomic E-state index is 0.237.